The lowest BCUT2D eigenvalue weighted by Gasteiger charge is -2.11. The molecule has 0 spiro atoms. The molecule has 3 rings (SSSR count). The molecule has 27 heavy (non-hydrogen) atoms. The van der Waals surface area contributed by atoms with Crippen LogP contribution in [0.4, 0.5) is 5.69 Å². The zero-order valence-corrected chi connectivity index (χ0v) is 16.9. The van der Waals surface area contributed by atoms with Gasteiger partial charge in [0.2, 0.25) is 0 Å². The molecule has 0 aliphatic heterocycles. The molecule has 0 saturated heterocycles. The number of fused-ring (bicyclic) bond motifs is 1. The molecule has 2 N–H and O–H groups in total. The molecule has 5 nitrogen and oxygen atoms in total. The Morgan fingerprint density at radius 3 is 2.56 bits per heavy atom. The van der Waals surface area contributed by atoms with Crippen LogP contribution in [0.15, 0.2) is 46.7 Å². The molecule has 1 aromatic heterocycles. The number of thiophene rings is 1. The molecule has 7 heteroatoms. The van der Waals surface area contributed by atoms with Gasteiger partial charge in [-0.25, -0.2) is 8.42 Å². The number of rotatable bonds is 6. The molecular weight excluding hydrogens is 382 g/mol. The van der Waals surface area contributed by atoms with Crippen molar-refractivity contribution in [3.8, 4) is 0 Å². The molecule has 0 aliphatic rings. The van der Waals surface area contributed by atoms with E-state index in [2.05, 4.69) is 18.6 Å². The van der Waals surface area contributed by atoms with E-state index in [0.717, 1.165) is 15.6 Å². The molecule has 0 radical (unpaired) electrons. The van der Waals surface area contributed by atoms with Gasteiger partial charge >= 0.3 is 5.97 Å². The Morgan fingerprint density at radius 1 is 1.19 bits per heavy atom. The average Bonchev–Trinajstić information content (AvgIpc) is 2.93. The molecule has 2 aromatic carbocycles. The Hall–Kier alpha value is -2.38. The number of nitrogens with one attached hydrogen (secondary N) is 1. The third kappa shape index (κ3) is 3.99. The van der Waals surface area contributed by atoms with Crippen molar-refractivity contribution in [2.24, 2.45) is 0 Å². The number of benzene rings is 2. The standard InChI is InChI=1S/C20H21NO4S2/c1-12(2)14-8-9-18-16(10-14)13(3)20(26-18)27(24,25)21-17-7-5-4-6-15(17)11-19(22)23/h4-10,12,21H,11H2,1-3H3,(H,22,23). The number of para-hydroxylation sites is 1. The molecule has 3 aromatic rings. The lowest BCUT2D eigenvalue weighted by atomic mass is 10.0. The number of carboxylic acid groups (broad SMARTS) is 1. The van der Waals surface area contributed by atoms with Gasteiger partial charge in [-0.15, -0.1) is 11.3 Å². The Morgan fingerprint density at radius 2 is 1.89 bits per heavy atom. The summed E-state index contributed by atoms with van der Waals surface area (Å²) in [5.74, 6) is -0.657. The van der Waals surface area contributed by atoms with E-state index in [1.807, 2.05) is 18.2 Å². The summed E-state index contributed by atoms with van der Waals surface area (Å²) in [5, 5.41) is 9.98. The topological polar surface area (TPSA) is 83.5 Å². The van der Waals surface area contributed by atoms with Crippen molar-refractivity contribution in [3.05, 3.63) is 59.2 Å². The molecule has 0 amide bonds. The Labute approximate surface area is 162 Å². The van der Waals surface area contributed by atoms with Gasteiger partial charge in [0.15, 0.2) is 0 Å². The van der Waals surface area contributed by atoms with Gasteiger partial charge in [-0.3, -0.25) is 9.52 Å². The van der Waals surface area contributed by atoms with Gasteiger partial charge < -0.3 is 5.11 Å². The van der Waals surface area contributed by atoms with E-state index in [4.69, 9.17) is 5.11 Å². The largest absolute Gasteiger partial charge is 0.481 e. The normalized spacial score (nSPS) is 11.9. The quantitative estimate of drug-likeness (QED) is 0.621. The fraction of sp³-hybridized carbons (Fsp3) is 0.250. The van der Waals surface area contributed by atoms with Crippen LogP contribution < -0.4 is 4.72 Å². The minimum atomic E-state index is -3.82. The number of hydrogen-bond donors (Lipinski definition) is 2. The molecule has 0 atom stereocenters. The zero-order valence-electron chi connectivity index (χ0n) is 15.3. The summed E-state index contributed by atoms with van der Waals surface area (Å²) in [6.07, 6.45) is -0.248. The summed E-state index contributed by atoms with van der Waals surface area (Å²) in [4.78, 5) is 11.0. The van der Waals surface area contributed by atoms with E-state index in [9.17, 15) is 13.2 Å². The first-order valence-corrected chi connectivity index (χ1v) is 10.8. The highest BCUT2D eigenvalue weighted by Gasteiger charge is 2.23. The highest BCUT2D eigenvalue weighted by atomic mass is 32.2. The minimum Gasteiger partial charge on any atom is -0.481 e. The van der Waals surface area contributed by atoms with Crippen molar-refractivity contribution < 1.29 is 18.3 Å². The smallest absolute Gasteiger partial charge is 0.307 e. The maximum atomic E-state index is 13.0. The van der Waals surface area contributed by atoms with Crippen molar-refractivity contribution in [1.82, 2.24) is 0 Å². The predicted molar refractivity (Wildman–Crippen MR) is 109 cm³/mol. The molecule has 0 saturated carbocycles. The van der Waals surface area contributed by atoms with Crippen molar-refractivity contribution >= 4 is 43.1 Å². The molecule has 142 valence electrons. The maximum absolute atomic E-state index is 13.0. The van der Waals surface area contributed by atoms with E-state index in [0.29, 0.717) is 22.7 Å². The number of sulfonamides is 1. The number of aliphatic carboxylic acids is 1. The molecular formula is C20H21NO4S2. The highest BCUT2D eigenvalue weighted by Crippen LogP contribution is 2.36. The van der Waals surface area contributed by atoms with Crippen molar-refractivity contribution in [2.75, 3.05) is 4.72 Å². The van der Waals surface area contributed by atoms with Crippen molar-refractivity contribution in [1.29, 1.82) is 0 Å². The lowest BCUT2D eigenvalue weighted by molar-refractivity contribution is -0.136. The summed E-state index contributed by atoms with van der Waals surface area (Å²) in [6, 6.07) is 12.6. The molecule has 0 unspecified atom stereocenters. The van der Waals surface area contributed by atoms with Crippen molar-refractivity contribution in [3.63, 3.8) is 0 Å². The first-order chi connectivity index (χ1) is 12.7. The van der Waals surface area contributed by atoms with Gasteiger partial charge in [0.25, 0.3) is 10.0 Å². The van der Waals surface area contributed by atoms with Crippen LogP contribution in [0.3, 0.4) is 0 Å². The first kappa shape index (κ1) is 19.4. The van der Waals surface area contributed by atoms with Crippen LogP contribution in [0.25, 0.3) is 10.1 Å². The second-order valence-corrected chi connectivity index (χ2v) is 9.69. The van der Waals surface area contributed by atoms with Crippen LogP contribution in [0.5, 0.6) is 0 Å². The minimum absolute atomic E-state index is 0.248. The second-order valence-electron chi connectivity index (χ2n) is 6.76. The van der Waals surface area contributed by atoms with Crippen LogP contribution in [0.2, 0.25) is 0 Å². The van der Waals surface area contributed by atoms with Crippen LogP contribution >= 0.6 is 11.3 Å². The Kier molecular flexibility index (Phi) is 5.26. The van der Waals surface area contributed by atoms with Gasteiger partial charge in [0.05, 0.1) is 12.1 Å². The van der Waals surface area contributed by atoms with Gasteiger partial charge in [-0.1, -0.05) is 38.1 Å². The summed E-state index contributed by atoms with van der Waals surface area (Å²) in [6.45, 7) is 6.00. The summed E-state index contributed by atoms with van der Waals surface area (Å²) in [5.41, 5.74) is 2.59. The number of carboxylic acids is 1. The fourth-order valence-electron chi connectivity index (χ4n) is 2.96. The fourth-order valence-corrected chi connectivity index (χ4v) is 5.81. The van der Waals surface area contributed by atoms with Crippen LogP contribution in [0.1, 0.15) is 36.5 Å². The average molecular weight is 404 g/mol. The summed E-state index contributed by atoms with van der Waals surface area (Å²) >= 11 is 1.22. The summed E-state index contributed by atoms with van der Waals surface area (Å²) in [7, 11) is -3.82. The van der Waals surface area contributed by atoms with Crippen LogP contribution in [-0.2, 0) is 21.2 Å². The van der Waals surface area contributed by atoms with Gasteiger partial charge in [0, 0.05) is 4.70 Å². The van der Waals surface area contributed by atoms with Crippen LogP contribution in [0, 0.1) is 6.92 Å². The third-order valence-electron chi connectivity index (χ3n) is 4.43. The van der Waals surface area contributed by atoms with E-state index >= 15 is 0 Å². The zero-order chi connectivity index (χ0) is 19.8. The first-order valence-electron chi connectivity index (χ1n) is 8.54. The molecule has 1 heterocycles. The van der Waals surface area contributed by atoms with Gasteiger partial charge in [-0.05, 0) is 53.1 Å². The molecule has 0 bridgehead atoms. The maximum Gasteiger partial charge on any atom is 0.307 e. The number of hydrogen-bond acceptors (Lipinski definition) is 4. The Bertz CT molecular complexity index is 1110. The monoisotopic (exact) mass is 403 g/mol. The van der Waals surface area contributed by atoms with E-state index in [1.165, 1.54) is 11.3 Å². The van der Waals surface area contributed by atoms with Gasteiger partial charge in [0.1, 0.15) is 4.21 Å². The SMILES string of the molecule is Cc1c(S(=O)(=O)Nc2ccccc2CC(=O)O)sc2ccc(C(C)C)cc12. The summed E-state index contributed by atoms with van der Waals surface area (Å²) < 4.78 is 29.7. The van der Waals surface area contributed by atoms with E-state index < -0.39 is 16.0 Å². The molecule has 0 aliphatic carbocycles. The van der Waals surface area contributed by atoms with Crippen molar-refractivity contribution in [2.45, 2.75) is 37.3 Å². The second kappa shape index (κ2) is 7.32. The predicted octanol–water partition coefficient (Wildman–Crippen LogP) is 4.76. The lowest BCUT2D eigenvalue weighted by Crippen LogP contribution is -2.15. The third-order valence-corrected chi connectivity index (χ3v) is 7.69. The van der Waals surface area contributed by atoms with E-state index in [-0.39, 0.29) is 10.6 Å². The molecule has 0 fully saturated rings. The number of anilines is 1. The van der Waals surface area contributed by atoms with E-state index in [1.54, 1.807) is 31.2 Å². The highest BCUT2D eigenvalue weighted by molar-refractivity contribution is 7.94. The van der Waals surface area contributed by atoms with Gasteiger partial charge in [-0.2, -0.15) is 0 Å². The number of aryl methyl sites for hydroxylation is 1. The van der Waals surface area contributed by atoms with Crippen LogP contribution in [-0.4, -0.2) is 19.5 Å². The number of carbonyl (C=O) groups is 1. The Balaban J connectivity index is 2.03.